The molecule has 0 fully saturated rings. The summed E-state index contributed by atoms with van der Waals surface area (Å²) < 4.78 is 0. The highest BCUT2D eigenvalue weighted by Gasteiger charge is 2.40. The number of hydrogen-bond donors (Lipinski definition) is 2. The number of nitrogens with one attached hydrogen (secondary N) is 1. The van der Waals surface area contributed by atoms with Crippen molar-refractivity contribution in [3.8, 4) is 0 Å². The SMILES string of the molecule is Cc1ccc2[nH]cc(CC(CC(=O)O)N3C(=O)c4ccccc4C3=O)c2c1. The molecule has 1 unspecified atom stereocenters. The molecule has 0 spiro atoms. The number of H-pyrrole nitrogens is 1. The number of aryl methyl sites for hydroxylation is 1. The molecular weight excluding hydrogens is 344 g/mol. The molecule has 3 aromatic rings. The van der Waals surface area contributed by atoms with Crippen molar-refractivity contribution >= 4 is 28.7 Å². The highest BCUT2D eigenvalue weighted by atomic mass is 16.4. The summed E-state index contributed by atoms with van der Waals surface area (Å²) in [5.41, 5.74) is 3.56. The molecule has 136 valence electrons. The Morgan fingerprint density at radius 1 is 1.11 bits per heavy atom. The van der Waals surface area contributed by atoms with E-state index in [1.807, 2.05) is 31.3 Å². The number of aromatic amines is 1. The number of fused-ring (bicyclic) bond motifs is 2. The Bertz CT molecular complexity index is 1050. The predicted molar refractivity (Wildman–Crippen MR) is 99.7 cm³/mol. The Hall–Kier alpha value is -3.41. The molecule has 2 heterocycles. The van der Waals surface area contributed by atoms with Gasteiger partial charge < -0.3 is 10.1 Å². The van der Waals surface area contributed by atoms with E-state index < -0.39 is 23.8 Å². The van der Waals surface area contributed by atoms with Crippen molar-refractivity contribution in [3.63, 3.8) is 0 Å². The first-order valence-electron chi connectivity index (χ1n) is 8.71. The average molecular weight is 362 g/mol. The summed E-state index contributed by atoms with van der Waals surface area (Å²) in [5.74, 6) is -1.91. The van der Waals surface area contributed by atoms with Gasteiger partial charge in [0.25, 0.3) is 11.8 Å². The van der Waals surface area contributed by atoms with E-state index in [0.717, 1.165) is 26.9 Å². The zero-order chi connectivity index (χ0) is 19.1. The fourth-order valence-corrected chi connectivity index (χ4v) is 3.71. The van der Waals surface area contributed by atoms with Gasteiger partial charge in [-0.25, -0.2) is 0 Å². The van der Waals surface area contributed by atoms with E-state index in [0.29, 0.717) is 11.1 Å². The van der Waals surface area contributed by atoms with Crippen LogP contribution in [0.15, 0.2) is 48.7 Å². The second-order valence-electron chi connectivity index (χ2n) is 6.84. The molecule has 4 rings (SSSR count). The van der Waals surface area contributed by atoms with E-state index in [4.69, 9.17) is 0 Å². The maximum atomic E-state index is 12.8. The van der Waals surface area contributed by atoms with Crippen LogP contribution in [0.1, 0.15) is 38.3 Å². The molecule has 2 N–H and O–H groups in total. The summed E-state index contributed by atoms with van der Waals surface area (Å²) in [5, 5.41) is 10.3. The van der Waals surface area contributed by atoms with Crippen molar-refractivity contribution in [2.24, 2.45) is 0 Å². The maximum absolute atomic E-state index is 12.8. The van der Waals surface area contributed by atoms with Gasteiger partial charge >= 0.3 is 5.97 Å². The molecular formula is C21H18N2O4. The lowest BCUT2D eigenvalue weighted by Gasteiger charge is -2.25. The number of carboxylic acids is 1. The zero-order valence-corrected chi connectivity index (χ0v) is 14.7. The smallest absolute Gasteiger partial charge is 0.305 e. The zero-order valence-electron chi connectivity index (χ0n) is 14.7. The van der Waals surface area contributed by atoms with Gasteiger partial charge in [0.05, 0.1) is 23.6 Å². The highest BCUT2D eigenvalue weighted by Crippen LogP contribution is 2.29. The van der Waals surface area contributed by atoms with Crippen molar-refractivity contribution in [3.05, 3.63) is 70.9 Å². The molecule has 1 atom stereocenters. The second-order valence-corrected chi connectivity index (χ2v) is 6.84. The van der Waals surface area contributed by atoms with Gasteiger partial charge in [-0.2, -0.15) is 0 Å². The van der Waals surface area contributed by atoms with Crippen molar-refractivity contribution < 1.29 is 19.5 Å². The lowest BCUT2D eigenvalue weighted by molar-refractivity contribution is -0.137. The van der Waals surface area contributed by atoms with Crippen LogP contribution >= 0.6 is 0 Å². The first-order chi connectivity index (χ1) is 13.0. The van der Waals surface area contributed by atoms with Gasteiger partial charge in [0.15, 0.2) is 0 Å². The fraction of sp³-hybridized carbons (Fsp3) is 0.190. The van der Waals surface area contributed by atoms with Gasteiger partial charge in [0, 0.05) is 17.1 Å². The monoisotopic (exact) mass is 362 g/mol. The number of aliphatic carboxylic acids is 1. The van der Waals surface area contributed by atoms with Crippen LogP contribution in [0.25, 0.3) is 10.9 Å². The lowest BCUT2D eigenvalue weighted by atomic mass is 10.0. The first kappa shape index (κ1) is 17.0. The minimum atomic E-state index is -1.05. The number of nitrogens with zero attached hydrogens (tertiary/aromatic N) is 1. The van der Waals surface area contributed by atoms with Crippen LogP contribution in [0.2, 0.25) is 0 Å². The average Bonchev–Trinajstić information content (AvgIpc) is 3.13. The number of hydrogen-bond acceptors (Lipinski definition) is 3. The number of benzene rings is 2. The first-order valence-corrected chi connectivity index (χ1v) is 8.71. The Labute approximate surface area is 155 Å². The number of amides is 2. The largest absolute Gasteiger partial charge is 0.481 e. The summed E-state index contributed by atoms with van der Waals surface area (Å²) in [7, 11) is 0. The summed E-state index contributed by atoms with van der Waals surface area (Å²) >= 11 is 0. The molecule has 0 saturated heterocycles. The Kier molecular flexibility index (Phi) is 4.03. The van der Waals surface area contributed by atoms with Crippen LogP contribution in [-0.2, 0) is 11.2 Å². The minimum Gasteiger partial charge on any atom is -0.481 e. The molecule has 27 heavy (non-hydrogen) atoms. The Morgan fingerprint density at radius 2 is 1.78 bits per heavy atom. The Morgan fingerprint density at radius 3 is 2.41 bits per heavy atom. The number of imide groups is 1. The van der Waals surface area contributed by atoms with E-state index in [1.165, 1.54) is 0 Å². The van der Waals surface area contributed by atoms with Gasteiger partial charge in [0.1, 0.15) is 0 Å². The van der Waals surface area contributed by atoms with Crippen LogP contribution < -0.4 is 0 Å². The molecule has 0 bridgehead atoms. The molecule has 1 aliphatic rings. The van der Waals surface area contributed by atoms with Crippen molar-refractivity contribution in [2.75, 3.05) is 0 Å². The second kappa shape index (κ2) is 6.39. The van der Waals surface area contributed by atoms with Crippen LogP contribution in [0.5, 0.6) is 0 Å². The molecule has 0 saturated carbocycles. The topological polar surface area (TPSA) is 90.5 Å². The van der Waals surface area contributed by atoms with Crippen molar-refractivity contribution in [1.82, 2.24) is 9.88 Å². The predicted octanol–water partition coefficient (Wildman–Crippen LogP) is 3.16. The van der Waals surface area contributed by atoms with Gasteiger partial charge in [-0.15, -0.1) is 0 Å². The van der Waals surface area contributed by atoms with Gasteiger partial charge in [0.2, 0.25) is 0 Å². The molecule has 0 aliphatic carbocycles. The third-order valence-corrected chi connectivity index (χ3v) is 4.98. The summed E-state index contributed by atoms with van der Waals surface area (Å²) in [6.45, 7) is 1.98. The van der Waals surface area contributed by atoms with Crippen LogP contribution in [0.3, 0.4) is 0 Å². The van der Waals surface area contributed by atoms with E-state index >= 15 is 0 Å². The maximum Gasteiger partial charge on any atom is 0.305 e. The number of carbonyl (C=O) groups is 3. The van der Waals surface area contributed by atoms with E-state index in [-0.39, 0.29) is 12.8 Å². The number of rotatable bonds is 5. The normalized spacial score (nSPS) is 14.6. The van der Waals surface area contributed by atoms with E-state index in [9.17, 15) is 19.5 Å². The summed E-state index contributed by atoms with van der Waals surface area (Å²) in [6.07, 6.45) is 1.79. The summed E-state index contributed by atoms with van der Waals surface area (Å²) in [6, 6.07) is 11.8. The third kappa shape index (κ3) is 2.89. The van der Waals surface area contributed by atoms with Crippen LogP contribution in [-0.4, -0.2) is 38.8 Å². The quantitative estimate of drug-likeness (QED) is 0.682. The molecule has 6 heteroatoms. The molecule has 2 aromatic carbocycles. The molecule has 2 amide bonds. The van der Waals surface area contributed by atoms with Crippen molar-refractivity contribution in [2.45, 2.75) is 25.8 Å². The standard InChI is InChI=1S/C21H18N2O4/c1-12-6-7-18-17(8-12)13(11-22-18)9-14(10-19(24)25)23-20(26)15-4-2-3-5-16(15)21(23)27/h2-8,11,14,22H,9-10H2,1H3,(H,24,25). The molecule has 6 nitrogen and oxygen atoms in total. The number of aromatic nitrogens is 1. The van der Waals surface area contributed by atoms with Crippen LogP contribution in [0.4, 0.5) is 0 Å². The van der Waals surface area contributed by atoms with E-state index in [2.05, 4.69) is 4.98 Å². The fourth-order valence-electron chi connectivity index (χ4n) is 3.71. The molecule has 0 radical (unpaired) electrons. The highest BCUT2D eigenvalue weighted by molar-refractivity contribution is 6.21. The van der Waals surface area contributed by atoms with Gasteiger partial charge in [-0.1, -0.05) is 23.8 Å². The number of carbonyl (C=O) groups excluding carboxylic acids is 2. The molecule has 1 aliphatic heterocycles. The minimum absolute atomic E-state index is 0.279. The van der Waals surface area contributed by atoms with Gasteiger partial charge in [-0.05, 0) is 43.2 Å². The Balaban J connectivity index is 1.72. The van der Waals surface area contributed by atoms with Gasteiger partial charge in [-0.3, -0.25) is 19.3 Å². The lowest BCUT2D eigenvalue weighted by Crippen LogP contribution is -2.42. The molecule has 1 aromatic heterocycles. The van der Waals surface area contributed by atoms with Crippen molar-refractivity contribution in [1.29, 1.82) is 0 Å². The van der Waals surface area contributed by atoms with Crippen LogP contribution in [0, 0.1) is 6.92 Å². The number of carboxylic acid groups (broad SMARTS) is 1. The summed E-state index contributed by atoms with van der Waals surface area (Å²) in [4.78, 5) is 41.3. The van der Waals surface area contributed by atoms with E-state index in [1.54, 1.807) is 24.3 Å². The third-order valence-electron chi connectivity index (χ3n) is 4.98.